The third-order valence-electron chi connectivity index (χ3n) is 8.63. The van der Waals surface area contributed by atoms with Crippen molar-refractivity contribution in [3.63, 3.8) is 0 Å². The van der Waals surface area contributed by atoms with Gasteiger partial charge in [-0.05, 0) is 92.4 Å². The summed E-state index contributed by atoms with van der Waals surface area (Å²) >= 11 is 0. The number of para-hydroxylation sites is 1. The number of hydrogen-bond donors (Lipinski definition) is 0. The van der Waals surface area contributed by atoms with Crippen LogP contribution in [0.25, 0.3) is 44.4 Å². The Morgan fingerprint density at radius 2 is 1.40 bits per heavy atom. The van der Waals surface area contributed by atoms with Crippen LogP contribution in [0.4, 0.5) is 0 Å². The monoisotopic (exact) mass is 594 g/mol. The Balaban J connectivity index is 1.26. The normalized spacial score (nSPS) is 11.3. The fourth-order valence-electron chi connectivity index (χ4n) is 6.19. The standard InChI is InChI=1S/C38H34N4O3/c1-23-16-17-39-35(18-23)42-33-13-8-7-12-31(33)32-15-14-30(20-34(32)42)45-29-11-9-10-28(19-29)41-22-27(21-40-41)36-37(43-5)25(3)24(2)26(4)38(36)44-6/h7-22H,1-6H3. The maximum absolute atomic E-state index is 6.45. The van der Waals surface area contributed by atoms with E-state index in [9.17, 15) is 0 Å². The molecule has 0 radical (unpaired) electrons. The molecule has 0 spiro atoms. The lowest BCUT2D eigenvalue weighted by Gasteiger charge is -2.19. The van der Waals surface area contributed by atoms with Gasteiger partial charge in [-0.3, -0.25) is 4.57 Å². The van der Waals surface area contributed by atoms with Gasteiger partial charge in [0.1, 0.15) is 28.8 Å². The van der Waals surface area contributed by atoms with Crippen molar-refractivity contribution >= 4 is 21.8 Å². The van der Waals surface area contributed by atoms with Crippen LogP contribution in [0.1, 0.15) is 22.3 Å². The van der Waals surface area contributed by atoms with Crippen LogP contribution >= 0.6 is 0 Å². The molecule has 0 saturated carbocycles. The molecule has 7 heteroatoms. The lowest BCUT2D eigenvalue weighted by Crippen LogP contribution is -2.01. The van der Waals surface area contributed by atoms with Gasteiger partial charge in [0.05, 0.1) is 42.7 Å². The summed E-state index contributed by atoms with van der Waals surface area (Å²) in [5, 5.41) is 7.02. The topological polar surface area (TPSA) is 63.3 Å². The van der Waals surface area contributed by atoms with Crippen LogP contribution in [0.2, 0.25) is 0 Å². The number of rotatable bonds is 7. The second-order valence-corrected chi connectivity index (χ2v) is 11.3. The van der Waals surface area contributed by atoms with E-state index in [2.05, 4.69) is 74.7 Å². The zero-order valence-electron chi connectivity index (χ0n) is 26.3. The number of benzene rings is 4. The van der Waals surface area contributed by atoms with Crippen LogP contribution in [0.15, 0.2) is 97.5 Å². The summed E-state index contributed by atoms with van der Waals surface area (Å²) < 4.78 is 22.2. The summed E-state index contributed by atoms with van der Waals surface area (Å²) in [5.74, 6) is 3.90. The molecule has 0 atom stereocenters. The Kier molecular flexibility index (Phi) is 7.01. The molecule has 0 amide bonds. The number of methoxy groups -OCH3 is 2. The molecule has 0 N–H and O–H groups in total. The predicted octanol–water partition coefficient (Wildman–Crippen LogP) is 9.07. The number of pyridine rings is 1. The van der Waals surface area contributed by atoms with Crippen molar-refractivity contribution in [1.82, 2.24) is 19.3 Å². The highest BCUT2D eigenvalue weighted by Gasteiger charge is 2.22. The van der Waals surface area contributed by atoms with Gasteiger partial charge in [0, 0.05) is 40.9 Å². The van der Waals surface area contributed by atoms with Gasteiger partial charge in [0.25, 0.3) is 0 Å². The first kappa shape index (κ1) is 28.2. The first-order valence-corrected chi connectivity index (χ1v) is 14.9. The van der Waals surface area contributed by atoms with Gasteiger partial charge in [0.15, 0.2) is 0 Å². The fraction of sp³-hybridized carbons (Fsp3) is 0.158. The van der Waals surface area contributed by atoms with Crippen molar-refractivity contribution in [2.75, 3.05) is 14.2 Å². The highest BCUT2D eigenvalue weighted by molar-refractivity contribution is 6.09. The molecule has 0 unspecified atom stereocenters. The molecule has 0 aliphatic rings. The lowest BCUT2D eigenvalue weighted by molar-refractivity contribution is 0.393. The number of aryl methyl sites for hydroxylation is 1. The molecule has 0 bridgehead atoms. The quantitative estimate of drug-likeness (QED) is 0.184. The van der Waals surface area contributed by atoms with E-state index in [4.69, 9.17) is 24.3 Å². The molecule has 224 valence electrons. The van der Waals surface area contributed by atoms with Crippen LogP contribution in [0, 0.1) is 27.7 Å². The zero-order chi connectivity index (χ0) is 31.2. The smallest absolute Gasteiger partial charge is 0.137 e. The number of hydrogen-bond acceptors (Lipinski definition) is 5. The Hall–Kier alpha value is -5.56. The van der Waals surface area contributed by atoms with E-state index in [-0.39, 0.29) is 0 Å². The van der Waals surface area contributed by atoms with Gasteiger partial charge >= 0.3 is 0 Å². The van der Waals surface area contributed by atoms with E-state index in [0.717, 1.165) is 78.6 Å². The second kappa shape index (κ2) is 11.2. The first-order chi connectivity index (χ1) is 21.9. The molecule has 3 aromatic heterocycles. The number of nitrogens with zero attached hydrogens (tertiary/aromatic N) is 4. The highest BCUT2D eigenvalue weighted by Crippen LogP contribution is 2.45. The third-order valence-corrected chi connectivity index (χ3v) is 8.63. The molecule has 0 saturated heterocycles. The molecule has 7 nitrogen and oxygen atoms in total. The van der Waals surface area contributed by atoms with Crippen molar-refractivity contribution in [1.29, 1.82) is 0 Å². The summed E-state index contributed by atoms with van der Waals surface area (Å²) in [6.07, 6.45) is 5.69. The minimum Gasteiger partial charge on any atom is -0.496 e. The zero-order valence-corrected chi connectivity index (χ0v) is 26.3. The van der Waals surface area contributed by atoms with Crippen molar-refractivity contribution in [3.05, 3.63) is 120 Å². The summed E-state index contributed by atoms with van der Waals surface area (Å²) in [6, 6.07) is 26.7. The van der Waals surface area contributed by atoms with E-state index in [0.29, 0.717) is 5.75 Å². The van der Waals surface area contributed by atoms with Crippen LogP contribution in [-0.2, 0) is 0 Å². The first-order valence-electron chi connectivity index (χ1n) is 14.9. The van der Waals surface area contributed by atoms with E-state index in [1.54, 1.807) is 14.2 Å². The van der Waals surface area contributed by atoms with Crippen LogP contribution in [0.3, 0.4) is 0 Å². The molecule has 4 aromatic carbocycles. The minimum atomic E-state index is 0.706. The SMILES string of the molecule is COc1c(C)c(C)c(C)c(OC)c1-c1cnn(-c2cccc(Oc3ccc4c5ccccc5n(-c5cc(C)ccn5)c4c3)c2)c1. The molecule has 0 fully saturated rings. The molecule has 0 aliphatic carbocycles. The maximum Gasteiger partial charge on any atom is 0.137 e. The molecule has 7 rings (SSSR count). The van der Waals surface area contributed by atoms with Gasteiger partial charge in [-0.2, -0.15) is 5.10 Å². The Morgan fingerprint density at radius 3 is 2.16 bits per heavy atom. The summed E-state index contributed by atoms with van der Waals surface area (Å²) in [7, 11) is 3.39. The van der Waals surface area contributed by atoms with Gasteiger partial charge in [-0.15, -0.1) is 0 Å². The van der Waals surface area contributed by atoms with Crippen molar-refractivity contribution in [2.24, 2.45) is 0 Å². The van der Waals surface area contributed by atoms with Gasteiger partial charge in [-0.25, -0.2) is 9.67 Å². The average molecular weight is 595 g/mol. The van der Waals surface area contributed by atoms with E-state index in [1.165, 1.54) is 5.39 Å². The molecule has 0 aliphatic heterocycles. The second-order valence-electron chi connectivity index (χ2n) is 11.3. The van der Waals surface area contributed by atoms with Crippen LogP contribution in [-0.4, -0.2) is 33.6 Å². The van der Waals surface area contributed by atoms with E-state index >= 15 is 0 Å². The largest absolute Gasteiger partial charge is 0.496 e. The van der Waals surface area contributed by atoms with E-state index < -0.39 is 0 Å². The molecule has 3 heterocycles. The van der Waals surface area contributed by atoms with Gasteiger partial charge in [0.2, 0.25) is 0 Å². The van der Waals surface area contributed by atoms with Crippen molar-refractivity contribution in [2.45, 2.75) is 27.7 Å². The highest BCUT2D eigenvalue weighted by atomic mass is 16.5. The lowest BCUT2D eigenvalue weighted by atomic mass is 9.94. The molecule has 7 aromatic rings. The summed E-state index contributed by atoms with van der Waals surface area (Å²) in [6.45, 7) is 8.32. The van der Waals surface area contributed by atoms with Crippen molar-refractivity contribution < 1.29 is 14.2 Å². The summed E-state index contributed by atoms with van der Waals surface area (Å²) in [4.78, 5) is 4.70. The van der Waals surface area contributed by atoms with E-state index in [1.807, 2.05) is 59.7 Å². The maximum atomic E-state index is 6.45. The van der Waals surface area contributed by atoms with Gasteiger partial charge < -0.3 is 14.2 Å². The van der Waals surface area contributed by atoms with Crippen molar-refractivity contribution in [3.8, 4) is 45.6 Å². The number of aromatic nitrogens is 4. The average Bonchev–Trinajstić information content (AvgIpc) is 3.67. The van der Waals surface area contributed by atoms with Crippen LogP contribution in [0.5, 0.6) is 23.0 Å². The Bertz CT molecular complexity index is 2200. The molecule has 45 heavy (non-hydrogen) atoms. The number of ether oxygens (including phenoxy) is 3. The third kappa shape index (κ3) is 4.77. The predicted molar refractivity (Wildman–Crippen MR) is 180 cm³/mol. The number of fused-ring (bicyclic) bond motifs is 3. The Labute approximate surface area is 262 Å². The molecular formula is C38H34N4O3. The Morgan fingerprint density at radius 1 is 0.667 bits per heavy atom. The molecular weight excluding hydrogens is 560 g/mol. The summed E-state index contributed by atoms with van der Waals surface area (Å²) in [5.41, 5.74) is 9.29. The minimum absolute atomic E-state index is 0.706. The van der Waals surface area contributed by atoms with Crippen LogP contribution < -0.4 is 14.2 Å². The fourth-order valence-corrected chi connectivity index (χ4v) is 6.19. The van der Waals surface area contributed by atoms with Gasteiger partial charge in [-0.1, -0.05) is 24.3 Å².